The molecule has 0 bridgehead atoms. The molecule has 1 saturated carbocycles. The van der Waals surface area contributed by atoms with Crippen molar-refractivity contribution in [1.29, 1.82) is 0 Å². The Kier molecular flexibility index (Phi) is 5.17. The second-order valence-electron chi connectivity index (χ2n) is 9.11. The number of carbonyl (C=O) groups is 1. The number of benzene rings is 1. The summed E-state index contributed by atoms with van der Waals surface area (Å²) in [4.78, 5) is 25.9. The zero-order chi connectivity index (χ0) is 22.7. The van der Waals surface area contributed by atoms with Gasteiger partial charge in [-0.2, -0.15) is 0 Å². The predicted octanol–water partition coefficient (Wildman–Crippen LogP) is 4.18. The van der Waals surface area contributed by atoms with Gasteiger partial charge in [0, 0.05) is 31.1 Å². The number of aromatic nitrogens is 1. The van der Waals surface area contributed by atoms with Gasteiger partial charge in [-0.15, -0.1) is 0 Å². The van der Waals surface area contributed by atoms with E-state index in [0.29, 0.717) is 36.1 Å². The minimum Gasteiger partial charge on any atom is -0.449 e. The molecule has 32 heavy (non-hydrogen) atoms. The molecule has 1 saturated heterocycles. The number of pyridine rings is 1. The van der Waals surface area contributed by atoms with E-state index in [1.54, 1.807) is 4.57 Å². The summed E-state index contributed by atoms with van der Waals surface area (Å²) in [5.74, 6) is -0.197. The number of hydrogen-bond acceptors (Lipinski definition) is 5. The lowest BCUT2D eigenvalue weighted by molar-refractivity contribution is 0.143. The summed E-state index contributed by atoms with van der Waals surface area (Å²) >= 11 is 6.80. The van der Waals surface area contributed by atoms with Crippen LogP contribution in [0.15, 0.2) is 28.7 Å². The van der Waals surface area contributed by atoms with Crippen LogP contribution >= 0.6 is 11.6 Å². The van der Waals surface area contributed by atoms with Gasteiger partial charge >= 0.3 is 6.16 Å². The lowest BCUT2D eigenvalue weighted by atomic mass is 9.79. The second kappa shape index (κ2) is 7.78. The molecule has 9 heteroatoms. The number of nitrogens with one attached hydrogen (secondary N) is 1. The van der Waals surface area contributed by atoms with Crippen molar-refractivity contribution in [3.05, 3.63) is 45.0 Å². The Hall–Kier alpha value is -2.58. The van der Waals surface area contributed by atoms with Crippen LogP contribution < -0.4 is 20.4 Å². The van der Waals surface area contributed by atoms with Crippen LogP contribution in [-0.4, -0.2) is 42.0 Å². The molecule has 2 aliphatic carbocycles. The number of carboxylic acid groups (broad SMARTS) is 1. The third kappa shape index (κ3) is 3.46. The van der Waals surface area contributed by atoms with Crippen LogP contribution in [0.2, 0.25) is 5.02 Å². The second-order valence-corrected chi connectivity index (χ2v) is 9.48. The van der Waals surface area contributed by atoms with Crippen LogP contribution in [0, 0.1) is 17.7 Å². The summed E-state index contributed by atoms with van der Waals surface area (Å²) in [6.07, 6.45) is 4.76. The maximum atomic E-state index is 15.4. The maximum absolute atomic E-state index is 15.4. The van der Waals surface area contributed by atoms with Gasteiger partial charge in [0.2, 0.25) is 5.43 Å². The van der Waals surface area contributed by atoms with Crippen molar-refractivity contribution >= 4 is 34.3 Å². The smallest absolute Gasteiger partial charge is 0.449 e. The van der Waals surface area contributed by atoms with Crippen LogP contribution in [0.25, 0.3) is 10.9 Å². The summed E-state index contributed by atoms with van der Waals surface area (Å²) < 4.78 is 21.9. The number of halogens is 2. The lowest BCUT2D eigenvalue weighted by Gasteiger charge is -2.30. The highest BCUT2D eigenvalue weighted by Crippen LogP contribution is 2.45. The molecule has 3 aliphatic rings. The fourth-order valence-electron chi connectivity index (χ4n) is 5.41. The van der Waals surface area contributed by atoms with Crippen LogP contribution in [0.5, 0.6) is 5.75 Å². The molecule has 3 atom stereocenters. The first-order valence-electron chi connectivity index (χ1n) is 10.9. The van der Waals surface area contributed by atoms with Gasteiger partial charge in [0.15, 0.2) is 5.75 Å². The molecule has 5 rings (SSSR count). The van der Waals surface area contributed by atoms with Gasteiger partial charge in [0.25, 0.3) is 0 Å². The van der Waals surface area contributed by atoms with Gasteiger partial charge in [0.1, 0.15) is 5.82 Å². The van der Waals surface area contributed by atoms with Crippen LogP contribution in [-0.2, 0) is 0 Å². The molecule has 2 heterocycles. The molecule has 0 amide bonds. The first-order valence-corrected chi connectivity index (χ1v) is 11.2. The molecule has 2 fully saturated rings. The SMILES string of the molecule is CNC1C=C(C)CC2CN(c3c(F)cc4c(=O)c(OC(=O)O)cn(C5CC5)c4c3Cl)CC21. The monoisotopic (exact) mass is 461 g/mol. The molecule has 0 radical (unpaired) electrons. The van der Waals surface area contributed by atoms with Gasteiger partial charge in [-0.1, -0.05) is 23.3 Å². The molecule has 170 valence electrons. The summed E-state index contributed by atoms with van der Waals surface area (Å²) in [6, 6.07) is 1.47. The first kappa shape index (κ1) is 21.3. The molecule has 1 aromatic heterocycles. The van der Waals surface area contributed by atoms with Crippen molar-refractivity contribution in [3.63, 3.8) is 0 Å². The summed E-state index contributed by atoms with van der Waals surface area (Å²) in [5.41, 5.74) is 1.38. The highest BCUT2D eigenvalue weighted by Gasteiger charge is 2.41. The van der Waals surface area contributed by atoms with Gasteiger partial charge < -0.3 is 24.6 Å². The highest BCUT2D eigenvalue weighted by atomic mass is 35.5. The van der Waals surface area contributed by atoms with Gasteiger partial charge in [-0.25, -0.2) is 9.18 Å². The van der Waals surface area contributed by atoms with Crippen molar-refractivity contribution in [2.75, 3.05) is 25.0 Å². The molecule has 1 aromatic carbocycles. The maximum Gasteiger partial charge on any atom is 0.511 e. The third-order valence-corrected chi connectivity index (χ3v) is 7.30. The Morgan fingerprint density at radius 1 is 1.34 bits per heavy atom. The Morgan fingerprint density at radius 3 is 2.75 bits per heavy atom. The van der Waals surface area contributed by atoms with Gasteiger partial charge in [-0.05, 0) is 45.2 Å². The van der Waals surface area contributed by atoms with Crippen molar-refractivity contribution in [2.24, 2.45) is 11.8 Å². The molecular formula is C23H25ClFN3O4. The Bertz CT molecular complexity index is 1210. The number of nitrogens with zero attached hydrogens (tertiary/aromatic N) is 2. The van der Waals surface area contributed by atoms with Crippen molar-refractivity contribution in [2.45, 2.75) is 38.3 Å². The van der Waals surface area contributed by atoms with Crippen LogP contribution in [0.1, 0.15) is 32.2 Å². The average molecular weight is 462 g/mol. The van der Waals surface area contributed by atoms with Gasteiger partial charge in [0.05, 0.1) is 27.8 Å². The number of allylic oxidation sites excluding steroid dienone is 1. The lowest BCUT2D eigenvalue weighted by Crippen LogP contribution is -2.39. The summed E-state index contributed by atoms with van der Waals surface area (Å²) in [6.45, 7) is 3.47. The zero-order valence-corrected chi connectivity index (χ0v) is 18.7. The summed E-state index contributed by atoms with van der Waals surface area (Å²) in [7, 11) is 1.94. The van der Waals surface area contributed by atoms with E-state index in [1.807, 2.05) is 11.9 Å². The van der Waals surface area contributed by atoms with E-state index >= 15 is 4.39 Å². The van der Waals surface area contributed by atoms with E-state index in [4.69, 9.17) is 16.7 Å². The fraction of sp³-hybridized carbons (Fsp3) is 0.478. The molecule has 2 aromatic rings. The van der Waals surface area contributed by atoms with E-state index in [1.165, 1.54) is 17.8 Å². The quantitative estimate of drug-likeness (QED) is 0.525. The number of hydrogen-bond donors (Lipinski definition) is 2. The molecule has 3 unspecified atom stereocenters. The predicted molar refractivity (Wildman–Crippen MR) is 121 cm³/mol. The van der Waals surface area contributed by atoms with Crippen LogP contribution in [0.4, 0.5) is 14.9 Å². The number of ether oxygens (including phenoxy) is 1. The fourth-order valence-corrected chi connectivity index (χ4v) is 5.82. The number of fused-ring (bicyclic) bond motifs is 2. The third-order valence-electron chi connectivity index (χ3n) is 6.94. The molecule has 1 aliphatic heterocycles. The van der Waals surface area contributed by atoms with E-state index in [-0.39, 0.29) is 28.2 Å². The number of likely N-dealkylation sites (N-methyl/N-ethyl adjacent to an activating group) is 1. The van der Waals surface area contributed by atoms with E-state index in [0.717, 1.165) is 19.3 Å². The van der Waals surface area contributed by atoms with Crippen molar-refractivity contribution < 1.29 is 19.0 Å². The first-order chi connectivity index (χ1) is 15.3. The normalized spacial score (nSPS) is 25.1. The molecule has 0 spiro atoms. The average Bonchev–Trinajstić information content (AvgIpc) is 3.49. The summed E-state index contributed by atoms with van der Waals surface area (Å²) in [5, 5.41) is 12.6. The van der Waals surface area contributed by atoms with E-state index in [9.17, 15) is 9.59 Å². The number of rotatable bonds is 4. The zero-order valence-electron chi connectivity index (χ0n) is 17.9. The van der Waals surface area contributed by atoms with Gasteiger partial charge in [-0.3, -0.25) is 4.79 Å². The molecular weight excluding hydrogens is 437 g/mol. The minimum atomic E-state index is -1.59. The minimum absolute atomic E-state index is 0.0316. The Labute approximate surface area is 189 Å². The van der Waals surface area contributed by atoms with Crippen molar-refractivity contribution in [1.82, 2.24) is 9.88 Å². The standard InChI is InChI=1S/C23H25ClFN3O4/c1-11-5-12-8-27(9-15(12)17(6-11)26-2)21-16(25)7-14-20(19(21)24)28(13-3-4-13)10-18(22(14)29)32-23(30)31/h6-7,10,12-13,15,17,26H,3-5,8-9H2,1-2H3,(H,30,31). The highest BCUT2D eigenvalue weighted by molar-refractivity contribution is 6.38. The Balaban J connectivity index is 1.62. The van der Waals surface area contributed by atoms with Crippen LogP contribution in [0.3, 0.4) is 0 Å². The molecule has 2 N–H and O–H groups in total. The largest absolute Gasteiger partial charge is 0.511 e. The molecule has 7 nitrogen and oxygen atoms in total. The van der Waals surface area contributed by atoms with E-state index < -0.39 is 17.4 Å². The Morgan fingerprint density at radius 2 is 2.09 bits per heavy atom. The number of anilines is 1. The van der Waals surface area contributed by atoms with E-state index in [2.05, 4.69) is 23.1 Å². The van der Waals surface area contributed by atoms with Crippen molar-refractivity contribution in [3.8, 4) is 5.75 Å². The topological polar surface area (TPSA) is 83.8 Å².